The zero-order chi connectivity index (χ0) is 59.1. The molecule has 78 heavy (non-hydrogen) atoms. The van der Waals surface area contributed by atoms with Crippen LogP contribution in [-0.4, -0.2) is 296 Å². The summed E-state index contributed by atoms with van der Waals surface area (Å²) in [6.07, 6.45) is -55.2. The van der Waals surface area contributed by atoms with Gasteiger partial charge in [-0.05, 0) is 0 Å². The van der Waals surface area contributed by atoms with E-state index < -0.39 is 237 Å². The minimum absolute atomic E-state index is 1.25. The summed E-state index contributed by atoms with van der Waals surface area (Å²) in [4.78, 5) is 25.3. The van der Waals surface area contributed by atoms with Gasteiger partial charge < -0.3 is 106 Å². The third-order valence-electron chi connectivity index (χ3n) is 11.5. The molecule has 5 aliphatic heterocycles. The molecule has 0 amide bonds. The summed E-state index contributed by atoms with van der Waals surface area (Å²) in [5, 5.41) is 96.1. The Kier molecular flexibility index (Phi) is 21.7. The van der Waals surface area contributed by atoms with Gasteiger partial charge in [0.15, 0.2) is 49.8 Å². The van der Waals surface area contributed by atoms with Crippen molar-refractivity contribution in [3.05, 3.63) is 0 Å². The standard InChI is InChI=1S/C30H51N3O40S5/c31-7-12(36)16(5(63-26(7)44)2-61-75(48,49)50)66-30-21(73-78(57,58)59)15(39)20(23(71-30)25(42)43)69-28-9(33)18(72-77(54,55)56)17(6(65-28)3-62-76(51,52)53)67-29-14(38)13(37)19(22(70-29)24(40)41)68-27-8(32)11(35)10(34)4(64-27)1-60-74(45,46)47/h4-23,26-30,34-39,44H,1-3,31-33H2,(H,40,41)(H,42,43)(H,45,46,47)(H,48,49,50)(H,51,52,53)(H,54,55,56)(H,57,58,59)/t4-,5?,6?,7-,8?,9?,10+,11+,12?,13?,14-,15?,16+,17+,18+,19-,20-,21-,22+,23?,26-,27+,28+,29+,30+/m0/s1. The van der Waals surface area contributed by atoms with Crippen LogP contribution in [0.3, 0.4) is 0 Å². The molecular weight excluding hydrogens is 1200 g/mol. The zero-order valence-corrected chi connectivity index (χ0v) is 42.3. The first-order valence-corrected chi connectivity index (χ1v) is 28.0. The molecule has 0 radical (unpaired) electrons. The van der Waals surface area contributed by atoms with E-state index in [2.05, 4.69) is 20.9 Å². The van der Waals surface area contributed by atoms with E-state index in [1.807, 2.05) is 0 Å². The number of carboxylic acid groups (broad SMARTS) is 2. The van der Waals surface area contributed by atoms with E-state index in [9.17, 15) is 111 Å². The first-order valence-electron chi connectivity index (χ1n) is 21.1. The maximum Gasteiger partial charge on any atom is 0.397 e. The molecule has 43 nitrogen and oxygen atoms in total. The van der Waals surface area contributed by atoms with Crippen LogP contribution in [0.4, 0.5) is 0 Å². The molecule has 5 rings (SSSR count). The average Bonchev–Trinajstić information content (AvgIpc) is 3.29. The Hall–Kier alpha value is -2.47. The maximum absolute atomic E-state index is 12.7. The van der Waals surface area contributed by atoms with Crippen LogP contribution < -0.4 is 17.2 Å². The molecule has 0 aromatic rings. The highest BCUT2D eigenvalue weighted by Gasteiger charge is 2.60. The molecule has 8 unspecified atom stereocenters. The van der Waals surface area contributed by atoms with Gasteiger partial charge in [-0.2, -0.15) is 42.1 Å². The second-order valence-electron chi connectivity index (χ2n) is 16.9. The van der Waals surface area contributed by atoms with Crippen molar-refractivity contribution in [2.75, 3.05) is 19.8 Å². The maximum atomic E-state index is 12.7. The van der Waals surface area contributed by atoms with Gasteiger partial charge in [0.25, 0.3) is 0 Å². The number of aliphatic hydroxyl groups is 7. The largest absolute Gasteiger partial charge is 0.479 e. The molecule has 5 heterocycles. The highest BCUT2D eigenvalue weighted by atomic mass is 32.3. The molecule has 456 valence electrons. The van der Waals surface area contributed by atoms with Crippen LogP contribution in [-0.2, 0) is 125 Å². The Bertz CT molecular complexity index is 2660. The van der Waals surface area contributed by atoms with Gasteiger partial charge in [-0.3, -0.25) is 22.8 Å². The number of aliphatic hydroxyl groups excluding tert-OH is 7. The zero-order valence-electron chi connectivity index (χ0n) is 38.2. The van der Waals surface area contributed by atoms with Crippen molar-refractivity contribution in [1.29, 1.82) is 0 Å². The number of hydrogen-bond acceptors (Lipinski definition) is 36. The first kappa shape index (κ1) is 66.3. The molecule has 0 saturated carbocycles. The van der Waals surface area contributed by atoms with Crippen LogP contribution in [0.1, 0.15) is 0 Å². The van der Waals surface area contributed by atoms with Crippen molar-refractivity contribution in [1.82, 2.24) is 0 Å². The smallest absolute Gasteiger partial charge is 0.397 e. The molecule has 5 fully saturated rings. The molecule has 48 heteroatoms. The first-order chi connectivity index (χ1) is 35.6. The van der Waals surface area contributed by atoms with Crippen LogP contribution >= 0.6 is 0 Å². The van der Waals surface area contributed by atoms with E-state index in [-0.39, 0.29) is 0 Å². The molecule has 5 aliphatic rings. The van der Waals surface area contributed by atoms with Gasteiger partial charge in [0, 0.05) is 0 Å². The molecule has 0 aromatic heterocycles. The van der Waals surface area contributed by atoms with Crippen molar-refractivity contribution in [2.24, 2.45) is 17.2 Å². The van der Waals surface area contributed by atoms with Crippen LogP contribution in [0.2, 0.25) is 0 Å². The second-order valence-corrected chi connectivity index (χ2v) is 22.2. The van der Waals surface area contributed by atoms with Crippen molar-refractivity contribution < 1.29 is 184 Å². The average molecular weight is 1250 g/mol. The minimum Gasteiger partial charge on any atom is -0.479 e. The van der Waals surface area contributed by atoms with Gasteiger partial charge in [-0.1, -0.05) is 0 Å². The number of nitrogens with two attached hydrogens (primary N) is 3. The summed E-state index contributed by atoms with van der Waals surface area (Å²) in [5.41, 5.74) is 17.7. The Morgan fingerprint density at radius 2 is 0.769 bits per heavy atom. The fourth-order valence-electron chi connectivity index (χ4n) is 7.98. The lowest BCUT2D eigenvalue weighted by Crippen LogP contribution is -2.70. The number of ether oxygens (including phenoxy) is 9. The summed E-state index contributed by atoms with van der Waals surface area (Å²) in [6, 6.07) is -6.36. The number of aliphatic carboxylic acids is 2. The predicted octanol–water partition coefficient (Wildman–Crippen LogP) is -12.7. The quantitative estimate of drug-likeness (QED) is 0.0422. The van der Waals surface area contributed by atoms with Crippen LogP contribution in [0.25, 0.3) is 0 Å². The fourth-order valence-corrected chi connectivity index (χ4v) is 9.91. The SMILES string of the molecule is NC1[C@@H](O[C@H]2C(O)[C@H](O)[C@H](O[C@@H]3C(COS(=O)(=O)O)O[C@H](O[C@@H]4C(C(=O)O)O[C@@H](O[C@@H]5C(COS(=O)(=O)O)O[C@H](O)[C@@H](N)C5O)[C@@H](OS(=O)(=O)O)C4O)C(N)[C@H]3OS(=O)(=O)O)O[C@H]2C(=O)O)O[C@@H](COS(=O)(=O)O)[C@@H](O)[C@@H]1O. The summed E-state index contributed by atoms with van der Waals surface area (Å²) in [6.45, 7) is -4.32. The molecule has 0 bridgehead atoms. The summed E-state index contributed by atoms with van der Waals surface area (Å²) < 4.78 is 234. The molecule has 0 aliphatic carbocycles. The number of carboxylic acids is 2. The van der Waals surface area contributed by atoms with E-state index in [1.54, 1.807) is 0 Å². The Labute approximate surface area is 437 Å². The van der Waals surface area contributed by atoms with E-state index >= 15 is 0 Å². The summed E-state index contributed by atoms with van der Waals surface area (Å²) in [5.74, 6) is -4.40. The number of rotatable bonds is 23. The Morgan fingerprint density at radius 1 is 0.372 bits per heavy atom. The van der Waals surface area contributed by atoms with Crippen molar-refractivity contribution in [3.63, 3.8) is 0 Å². The summed E-state index contributed by atoms with van der Waals surface area (Å²) >= 11 is 0. The lowest BCUT2D eigenvalue weighted by atomic mass is 9.94. The van der Waals surface area contributed by atoms with Crippen molar-refractivity contribution in [2.45, 2.75) is 153 Å². The topological polar surface area (TPSA) is 695 Å². The second kappa shape index (κ2) is 25.6. The van der Waals surface area contributed by atoms with Gasteiger partial charge in [-0.15, -0.1) is 0 Å². The third kappa shape index (κ3) is 17.3. The number of carbonyl (C=O) groups is 2. The predicted molar refractivity (Wildman–Crippen MR) is 226 cm³/mol. The van der Waals surface area contributed by atoms with Crippen molar-refractivity contribution in [3.8, 4) is 0 Å². The molecule has 20 N–H and O–H groups in total. The number of hydrogen-bond donors (Lipinski definition) is 17. The van der Waals surface area contributed by atoms with E-state index in [0.717, 1.165) is 0 Å². The van der Waals surface area contributed by atoms with E-state index in [4.69, 9.17) is 68.9 Å². The lowest BCUT2D eigenvalue weighted by Gasteiger charge is -2.50. The minimum atomic E-state index is -5.95. The summed E-state index contributed by atoms with van der Waals surface area (Å²) in [7, 11) is -28.1. The van der Waals surface area contributed by atoms with Gasteiger partial charge in [0.05, 0.1) is 37.9 Å². The Balaban J connectivity index is 1.47. The molecular formula is C30H51N3O40S5. The molecule has 0 spiro atoms. The molecule has 5 saturated heterocycles. The molecule has 25 atom stereocenters. The van der Waals surface area contributed by atoms with Crippen molar-refractivity contribution >= 4 is 63.9 Å². The lowest BCUT2D eigenvalue weighted by molar-refractivity contribution is -0.371. The van der Waals surface area contributed by atoms with Crippen LogP contribution in [0, 0.1) is 0 Å². The Morgan fingerprint density at radius 3 is 1.24 bits per heavy atom. The highest BCUT2D eigenvalue weighted by Crippen LogP contribution is 2.37. The van der Waals surface area contributed by atoms with Gasteiger partial charge in [-0.25, -0.2) is 30.5 Å². The van der Waals surface area contributed by atoms with Gasteiger partial charge in [0.1, 0.15) is 85.5 Å². The third-order valence-corrected chi connectivity index (χ3v) is 13.7. The van der Waals surface area contributed by atoms with Crippen LogP contribution in [0.15, 0.2) is 0 Å². The molecule has 0 aromatic carbocycles. The fraction of sp³-hybridized carbons (Fsp3) is 0.933. The van der Waals surface area contributed by atoms with E-state index in [1.165, 1.54) is 0 Å². The normalized spacial score (nSPS) is 42.5. The van der Waals surface area contributed by atoms with Crippen LogP contribution in [0.5, 0.6) is 0 Å². The highest BCUT2D eigenvalue weighted by molar-refractivity contribution is 7.81. The van der Waals surface area contributed by atoms with Gasteiger partial charge in [0.2, 0.25) is 0 Å². The monoisotopic (exact) mass is 1250 g/mol. The van der Waals surface area contributed by atoms with Gasteiger partial charge >= 0.3 is 63.9 Å². The van der Waals surface area contributed by atoms with E-state index in [0.29, 0.717) is 0 Å².